The molecule has 146 valence electrons. The smallest absolute Gasteiger partial charge is 0.115 e. The molecule has 0 bridgehead atoms. The SMILES string of the molecule is Cl.OCC(c1ccccc1)C1(c2ccccc2-c2ccccc2)CNCCO1. The van der Waals surface area contributed by atoms with Gasteiger partial charge in [-0.25, -0.2) is 0 Å². The van der Waals surface area contributed by atoms with Gasteiger partial charge in [-0.2, -0.15) is 0 Å². The molecule has 0 amide bonds. The van der Waals surface area contributed by atoms with Crippen LogP contribution in [0.25, 0.3) is 11.1 Å². The van der Waals surface area contributed by atoms with E-state index in [1.165, 1.54) is 0 Å². The van der Waals surface area contributed by atoms with E-state index in [0.717, 1.165) is 28.8 Å². The average Bonchev–Trinajstić information content (AvgIpc) is 2.76. The maximum Gasteiger partial charge on any atom is 0.115 e. The molecular weight excluding hydrogens is 370 g/mol. The van der Waals surface area contributed by atoms with Crippen LogP contribution in [-0.4, -0.2) is 31.4 Å². The second kappa shape index (κ2) is 9.35. The number of rotatable bonds is 5. The summed E-state index contributed by atoms with van der Waals surface area (Å²) in [5, 5.41) is 13.9. The zero-order valence-electron chi connectivity index (χ0n) is 15.8. The Balaban J connectivity index is 0.00000225. The highest BCUT2D eigenvalue weighted by atomic mass is 35.5. The quantitative estimate of drug-likeness (QED) is 0.674. The molecule has 1 aliphatic rings. The Morgan fingerprint density at radius 2 is 1.54 bits per heavy atom. The third-order valence-corrected chi connectivity index (χ3v) is 5.44. The molecule has 2 N–H and O–H groups in total. The molecule has 0 aromatic heterocycles. The number of ether oxygens (including phenoxy) is 1. The van der Waals surface area contributed by atoms with E-state index < -0.39 is 5.60 Å². The molecule has 28 heavy (non-hydrogen) atoms. The van der Waals surface area contributed by atoms with E-state index in [0.29, 0.717) is 13.2 Å². The van der Waals surface area contributed by atoms with Crippen molar-refractivity contribution in [2.75, 3.05) is 26.3 Å². The number of morpholine rings is 1. The van der Waals surface area contributed by atoms with Crippen molar-refractivity contribution in [1.82, 2.24) is 5.32 Å². The monoisotopic (exact) mass is 395 g/mol. The molecule has 0 saturated carbocycles. The Kier molecular flexibility index (Phi) is 6.87. The molecule has 1 aliphatic heterocycles. The molecule has 4 rings (SSSR count). The summed E-state index contributed by atoms with van der Waals surface area (Å²) >= 11 is 0. The molecule has 0 spiro atoms. The summed E-state index contributed by atoms with van der Waals surface area (Å²) in [6.45, 7) is 2.13. The van der Waals surface area contributed by atoms with Gasteiger partial charge in [-0.1, -0.05) is 84.9 Å². The summed E-state index contributed by atoms with van der Waals surface area (Å²) in [4.78, 5) is 0. The second-order valence-corrected chi connectivity index (χ2v) is 6.97. The van der Waals surface area contributed by atoms with Crippen molar-refractivity contribution in [2.24, 2.45) is 0 Å². The van der Waals surface area contributed by atoms with E-state index in [1.54, 1.807) is 0 Å². The predicted octanol–water partition coefficient (Wildman–Crippen LogP) is 4.37. The van der Waals surface area contributed by atoms with E-state index in [2.05, 4.69) is 66.0 Å². The van der Waals surface area contributed by atoms with Gasteiger partial charge in [0.05, 0.1) is 13.2 Å². The lowest BCUT2D eigenvalue weighted by atomic mass is 9.74. The standard InChI is InChI=1S/C24H25NO2.ClH/c26-17-23(20-11-5-2-6-12-20)24(18-25-15-16-27-24)22-14-8-7-13-21(22)19-9-3-1-4-10-19;/h1-14,23,25-26H,15-18H2;1H. The Morgan fingerprint density at radius 3 is 2.18 bits per heavy atom. The van der Waals surface area contributed by atoms with Crippen LogP contribution in [0.15, 0.2) is 84.9 Å². The first-order valence-corrected chi connectivity index (χ1v) is 9.50. The number of aliphatic hydroxyl groups excluding tert-OH is 1. The normalized spacial score (nSPS) is 20.2. The van der Waals surface area contributed by atoms with Crippen LogP contribution >= 0.6 is 12.4 Å². The van der Waals surface area contributed by atoms with Gasteiger partial charge in [0.15, 0.2) is 0 Å². The second-order valence-electron chi connectivity index (χ2n) is 6.97. The third kappa shape index (κ3) is 3.85. The minimum Gasteiger partial charge on any atom is -0.396 e. The summed E-state index contributed by atoms with van der Waals surface area (Å²) in [6, 6.07) is 29.0. The van der Waals surface area contributed by atoms with Crippen LogP contribution in [0.3, 0.4) is 0 Å². The molecule has 1 fully saturated rings. The molecule has 3 aromatic carbocycles. The van der Waals surface area contributed by atoms with Gasteiger partial charge in [-0.05, 0) is 22.3 Å². The van der Waals surface area contributed by atoms with E-state index >= 15 is 0 Å². The minimum absolute atomic E-state index is 0. The van der Waals surface area contributed by atoms with Crippen LogP contribution in [0.1, 0.15) is 17.0 Å². The molecule has 3 nitrogen and oxygen atoms in total. The fourth-order valence-corrected chi connectivity index (χ4v) is 4.14. The van der Waals surface area contributed by atoms with Gasteiger partial charge in [0.1, 0.15) is 5.60 Å². The molecule has 1 heterocycles. The Morgan fingerprint density at radius 1 is 0.893 bits per heavy atom. The van der Waals surface area contributed by atoms with Crippen molar-refractivity contribution in [3.8, 4) is 11.1 Å². The molecule has 1 saturated heterocycles. The van der Waals surface area contributed by atoms with Crippen molar-refractivity contribution in [3.63, 3.8) is 0 Å². The topological polar surface area (TPSA) is 41.5 Å². The highest BCUT2D eigenvalue weighted by Crippen LogP contribution is 2.44. The highest BCUT2D eigenvalue weighted by molar-refractivity contribution is 5.85. The molecule has 4 heteroatoms. The van der Waals surface area contributed by atoms with Crippen LogP contribution in [0.4, 0.5) is 0 Å². The predicted molar refractivity (Wildman–Crippen MR) is 116 cm³/mol. The Labute approximate surface area is 172 Å². The largest absolute Gasteiger partial charge is 0.396 e. The van der Waals surface area contributed by atoms with E-state index in [4.69, 9.17) is 4.74 Å². The van der Waals surface area contributed by atoms with Crippen molar-refractivity contribution in [1.29, 1.82) is 0 Å². The van der Waals surface area contributed by atoms with Gasteiger partial charge < -0.3 is 15.2 Å². The van der Waals surface area contributed by atoms with E-state index in [-0.39, 0.29) is 24.9 Å². The van der Waals surface area contributed by atoms with Gasteiger partial charge in [0, 0.05) is 19.0 Å². The third-order valence-electron chi connectivity index (χ3n) is 5.44. The van der Waals surface area contributed by atoms with Gasteiger partial charge in [0.25, 0.3) is 0 Å². The zero-order valence-corrected chi connectivity index (χ0v) is 16.6. The Bertz CT molecular complexity index is 864. The van der Waals surface area contributed by atoms with Crippen LogP contribution in [0.2, 0.25) is 0 Å². The first kappa shape index (κ1) is 20.6. The number of benzene rings is 3. The molecule has 0 radical (unpaired) electrons. The van der Waals surface area contributed by atoms with E-state index in [1.807, 2.05) is 24.3 Å². The molecular formula is C24H26ClNO2. The molecule has 2 unspecified atom stereocenters. The van der Waals surface area contributed by atoms with Crippen LogP contribution in [-0.2, 0) is 10.3 Å². The number of halogens is 1. The van der Waals surface area contributed by atoms with Crippen molar-refractivity contribution >= 4 is 12.4 Å². The fourth-order valence-electron chi connectivity index (χ4n) is 4.14. The summed E-state index contributed by atoms with van der Waals surface area (Å²) in [6.07, 6.45) is 0. The first-order chi connectivity index (χ1) is 13.3. The lowest BCUT2D eigenvalue weighted by Gasteiger charge is -2.44. The minimum atomic E-state index is -0.624. The number of nitrogens with one attached hydrogen (secondary N) is 1. The first-order valence-electron chi connectivity index (χ1n) is 9.50. The summed E-state index contributed by atoms with van der Waals surface area (Å²) in [7, 11) is 0. The molecule has 0 aliphatic carbocycles. The summed E-state index contributed by atoms with van der Waals surface area (Å²) in [5.41, 5.74) is 3.89. The van der Waals surface area contributed by atoms with Gasteiger partial charge in [0.2, 0.25) is 0 Å². The lowest BCUT2D eigenvalue weighted by Crippen LogP contribution is -2.52. The fraction of sp³-hybridized carbons (Fsp3) is 0.250. The van der Waals surface area contributed by atoms with Crippen LogP contribution < -0.4 is 5.32 Å². The average molecular weight is 396 g/mol. The maximum absolute atomic E-state index is 10.4. The molecule has 3 aromatic rings. The lowest BCUT2D eigenvalue weighted by molar-refractivity contribution is -0.0987. The van der Waals surface area contributed by atoms with Gasteiger partial charge in [-0.15, -0.1) is 12.4 Å². The maximum atomic E-state index is 10.4. The molecule has 2 atom stereocenters. The van der Waals surface area contributed by atoms with Crippen molar-refractivity contribution < 1.29 is 9.84 Å². The summed E-state index contributed by atoms with van der Waals surface area (Å²) < 4.78 is 6.50. The van der Waals surface area contributed by atoms with Crippen molar-refractivity contribution in [2.45, 2.75) is 11.5 Å². The number of hydrogen-bond acceptors (Lipinski definition) is 3. The van der Waals surface area contributed by atoms with Crippen LogP contribution in [0.5, 0.6) is 0 Å². The highest BCUT2D eigenvalue weighted by Gasteiger charge is 2.44. The zero-order chi connectivity index (χ0) is 18.5. The number of hydrogen-bond donors (Lipinski definition) is 2. The number of aliphatic hydroxyl groups is 1. The van der Waals surface area contributed by atoms with Gasteiger partial charge >= 0.3 is 0 Å². The van der Waals surface area contributed by atoms with Crippen molar-refractivity contribution in [3.05, 3.63) is 96.1 Å². The van der Waals surface area contributed by atoms with Crippen LogP contribution in [0, 0.1) is 0 Å². The van der Waals surface area contributed by atoms with E-state index in [9.17, 15) is 5.11 Å². The summed E-state index contributed by atoms with van der Waals surface area (Å²) in [5.74, 6) is -0.156. The Hall–Kier alpha value is -2.17. The van der Waals surface area contributed by atoms with Gasteiger partial charge in [-0.3, -0.25) is 0 Å².